The number of carbonyl (C=O) groups is 1. The highest BCUT2D eigenvalue weighted by Gasteiger charge is 2.28. The minimum absolute atomic E-state index is 0.0933. The van der Waals surface area contributed by atoms with Crippen LogP contribution in [0.5, 0.6) is 5.75 Å². The number of hydrogen-bond donors (Lipinski definition) is 1. The number of rotatable bonds is 7. The Kier molecular flexibility index (Phi) is 5.06. The van der Waals surface area contributed by atoms with E-state index in [1.165, 1.54) is 0 Å². The number of amides is 1. The van der Waals surface area contributed by atoms with Gasteiger partial charge in [-0.05, 0) is 72.5 Å². The highest BCUT2D eigenvalue weighted by atomic mass is 16.5. The molecule has 1 fully saturated rings. The van der Waals surface area contributed by atoms with Gasteiger partial charge in [-0.2, -0.15) is 0 Å². The third-order valence-electron chi connectivity index (χ3n) is 4.74. The van der Waals surface area contributed by atoms with Crippen molar-refractivity contribution in [2.24, 2.45) is 0 Å². The predicted octanol–water partition coefficient (Wildman–Crippen LogP) is 3.70. The summed E-state index contributed by atoms with van der Waals surface area (Å²) in [4.78, 5) is 12.3. The van der Waals surface area contributed by atoms with Crippen LogP contribution in [0.4, 0.5) is 5.69 Å². The van der Waals surface area contributed by atoms with E-state index in [1.807, 2.05) is 61.0 Å². The fourth-order valence-corrected chi connectivity index (χ4v) is 3.07. The van der Waals surface area contributed by atoms with Gasteiger partial charge in [-0.1, -0.05) is 18.2 Å². The quantitative estimate of drug-likeness (QED) is 0.679. The SMILES string of the molecule is Cc1cccc(OCCC(=O)Nc2ccc(C)c(-c3nnnn3C3CC3)c2)c1. The van der Waals surface area contributed by atoms with Gasteiger partial charge in [0.25, 0.3) is 0 Å². The normalized spacial score (nSPS) is 13.4. The Bertz CT molecular complexity index is 994. The smallest absolute Gasteiger partial charge is 0.227 e. The monoisotopic (exact) mass is 377 g/mol. The number of ether oxygens (including phenoxy) is 1. The molecule has 1 aromatic heterocycles. The number of benzene rings is 2. The summed E-state index contributed by atoms with van der Waals surface area (Å²) in [5, 5.41) is 15.1. The van der Waals surface area contributed by atoms with Gasteiger partial charge in [-0.25, -0.2) is 4.68 Å². The van der Waals surface area contributed by atoms with E-state index in [0.29, 0.717) is 12.6 Å². The van der Waals surface area contributed by atoms with Crippen molar-refractivity contribution >= 4 is 11.6 Å². The van der Waals surface area contributed by atoms with Crippen molar-refractivity contribution in [3.05, 3.63) is 53.6 Å². The molecule has 4 rings (SSSR count). The topological polar surface area (TPSA) is 81.9 Å². The first-order valence-corrected chi connectivity index (χ1v) is 9.48. The van der Waals surface area contributed by atoms with Crippen LogP contribution < -0.4 is 10.1 Å². The summed E-state index contributed by atoms with van der Waals surface area (Å²) in [5.41, 5.74) is 3.86. The summed E-state index contributed by atoms with van der Waals surface area (Å²) in [6.45, 7) is 4.35. The van der Waals surface area contributed by atoms with Gasteiger partial charge in [0.15, 0.2) is 5.82 Å². The number of hydrogen-bond acceptors (Lipinski definition) is 5. The maximum absolute atomic E-state index is 12.3. The maximum atomic E-state index is 12.3. The molecule has 0 saturated heterocycles. The van der Waals surface area contributed by atoms with Crippen LogP contribution in [0, 0.1) is 13.8 Å². The van der Waals surface area contributed by atoms with Gasteiger partial charge < -0.3 is 10.1 Å². The molecule has 7 nitrogen and oxygen atoms in total. The zero-order valence-corrected chi connectivity index (χ0v) is 16.1. The molecule has 1 heterocycles. The van der Waals surface area contributed by atoms with Gasteiger partial charge in [0, 0.05) is 11.3 Å². The first kappa shape index (κ1) is 18.2. The van der Waals surface area contributed by atoms with Gasteiger partial charge >= 0.3 is 0 Å². The number of aromatic nitrogens is 4. The van der Waals surface area contributed by atoms with Gasteiger partial charge in [-0.15, -0.1) is 5.10 Å². The summed E-state index contributed by atoms with van der Waals surface area (Å²) in [6, 6.07) is 14.0. The van der Waals surface area contributed by atoms with Crippen molar-refractivity contribution in [3.8, 4) is 17.1 Å². The molecule has 0 atom stereocenters. The van der Waals surface area contributed by atoms with Crippen LogP contribution >= 0.6 is 0 Å². The Morgan fingerprint density at radius 1 is 1.21 bits per heavy atom. The lowest BCUT2D eigenvalue weighted by molar-refractivity contribution is -0.116. The molecule has 1 aliphatic carbocycles. The number of nitrogens with zero attached hydrogens (tertiary/aromatic N) is 4. The van der Waals surface area contributed by atoms with E-state index < -0.39 is 0 Å². The van der Waals surface area contributed by atoms with Crippen molar-refractivity contribution in [2.75, 3.05) is 11.9 Å². The van der Waals surface area contributed by atoms with E-state index in [2.05, 4.69) is 20.8 Å². The first-order chi connectivity index (χ1) is 13.6. The minimum Gasteiger partial charge on any atom is -0.493 e. The predicted molar refractivity (Wildman–Crippen MR) is 106 cm³/mol. The Hall–Kier alpha value is -3.22. The minimum atomic E-state index is -0.0933. The molecule has 0 bridgehead atoms. The number of aryl methyl sites for hydroxylation is 2. The van der Waals surface area contributed by atoms with Gasteiger partial charge in [0.05, 0.1) is 19.1 Å². The van der Waals surface area contributed by atoms with E-state index in [4.69, 9.17) is 4.74 Å². The molecule has 0 radical (unpaired) electrons. The average molecular weight is 377 g/mol. The second-order valence-electron chi connectivity index (χ2n) is 7.17. The second kappa shape index (κ2) is 7.80. The van der Waals surface area contributed by atoms with Crippen LogP contribution in [-0.2, 0) is 4.79 Å². The summed E-state index contributed by atoms with van der Waals surface area (Å²) in [6.07, 6.45) is 2.49. The fourth-order valence-electron chi connectivity index (χ4n) is 3.07. The highest BCUT2D eigenvalue weighted by molar-refractivity contribution is 5.91. The molecule has 1 aliphatic rings. The lowest BCUT2D eigenvalue weighted by Gasteiger charge is -2.11. The molecule has 28 heavy (non-hydrogen) atoms. The van der Waals surface area contributed by atoms with Gasteiger partial charge in [0.2, 0.25) is 5.91 Å². The zero-order valence-electron chi connectivity index (χ0n) is 16.1. The number of anilines is 1. The van der Waals surface area contributed by atoms with E-state index in [-0.39, 0.29) is 12.3 Å². The van der Waals surface area contributed by atoms with Crippen molar-refractivity contribution in [1.82, 2.24) is 20.2 Å². The summed E-state index contributed by atoms with van der Waals surface area (Å²) < 4.78 is 7.53. The Morgan fingerprint density at radius 3 is 2.86 bits per heavy atom. The van der Waals surface area contributed by atoms with Crippen LogP contribution in [0.1, 0.15) is 36.4 Å². The van der Waals surface area contributed by atoms with E-state index in [9.17, 15) is 4.79 Å². The molecule has 0 spiro atoms. The molecule has 144 valence electrons. The van der Waals surface area contributed by atoms with Crippen molar-refractivity contribution in [1.29, 1.82) is 0 Å². The van der Waals surface area contributed by atoms with Gasteiger partial charge in [0.1, 0.15) is 5.75 Å². The molecular weight excluding hydrogens is 354 g/mol. The fraction of sp³-hybridized carbons (Fsp3) is 0.333. The standard InChI is InChI=1S/C21H23N5O2/c1-14-4-3-5-18(12-14)28-11-10-20(27)22-16-7-6-15(2)19(13-16)21-23-24-25-26(21)17-8-9-17/h3-7,12-13,17H,8-11H2,1-2H3,(H,22,27). The Morgan fingerprint density at radius 2 is 2.07 bits per heavy atom. The van der Waals surface area contributed by atoms with Crippen LogP contribution in [0.15, 0.2) is 42.5 Å². The van der Waals surface area contributed by atoms with Crippen molar-refractivity contribution in [2.45, 2.75) is 39.2 Å². The molecule has 0 aliphatic heterocycles. The largest absolute Gasteiger partial charge is 0.493 e. The molecule has 1 saturated carbocycles. The summed E-state index contributed by atoms with van der Waals surface area (Å²) in [5.74, 6) is 1.43. The molecule has 1 N–H and O–H groups in total. The Labute approximate surface area is 163 Å². The van der Waals surface area contributed by atoms with Crippen LogP contribution in [0.25, 0.3) is 11.4 Å². The second-order valence-corrected chi connectivity index (χ2v) is 7.17. The number of nitrogens with one attached hydrogen (secondary N) is 1. The van der Waals surface area contributed by atoms with Crippen molar-refractivity contribution in [3.63, 3.8) is 0 Å². The maximum Gasteiger partial charge on any atom is 0.227 e. The van der Waals surface area contributed by atoms with E-state index in [1.54, 1.807) is 0 Å². The van der Waals surface area contributed by atoms with Crippen molar-refractivity contribution < 1.29 is 9.53 Å². The van der Waals surface area contributed by atoms with E-state index >= 15 is 0 Å². The molecule has 3 aromatic rings. The van der Waals surface area contributed by atoms with E-state index in [0.717, 1.165) is 46.8 Å². The third kappa shape index (κ3) is 4.19. The van der Waals surface area contributed by atoms with Crippen LogP contribution in [-0.4, -0.2) is 32.7 Å². The lowest BCUT2D eigenvalue weighted by Crippen LogP contribution is -2.15. The highest BCUT2D eigenvalue weighted by Crippen LogP contribution is 2.37. The van der Waals surface area contributed by atoms with Crippen LogP contribution in [0.3, 0.4) is 0 Å². The molecule has 0 unspecified atom stereocenters. The first-order valence-electron chi connectivity index (χ1n) is 9.48. The lowest BCUT2D eigenvalue weighted by atomic mass is 10.1. The molecule has 7 heteroatoms. The third-order valence-corrected chi connectivity index (χ3v) is 4.74. The van der Waals surface area contributed by atoms with Gasteiger partial charge in [-0.3, -0.25) is 4.79 Å². The average Bonchev–Trinajstić information content (AvgIpc) is 3.40. The Balaban J connectivity index is 1.39. The molecular formula is C21H23N5O2. The number of tetrazole rings is 1. The summed E-state index contributed by atoms with van der Waals surface area (Å²) >= 11 is 0. The van der Waals surface area contributed by atoms with Crippen LogP contribution in [0.2, 0.25) is 0 Å². The summed E-state index contributed by atoms with van der Waals surface area (Å²) in [7, 11) is 0. The molecule has 2 aromatic carbocycles. The zero-order chi connectivity index (χ0) is 19.5. The number of carbonyl (C=O) groups excluding carboxylic acids is 1. The molecule has 1 amide bonds.